The first-order valence-electron chi connectivity index (χ1n) is 10.2. The van der Waals surface area contributed by atoms with E-state index in [9.17, 15) is 9.90 Å². The fraction of sp³-hybridized carbons (Fsp3) is 0.250. The lowest BCUT2D eigenvalue weighted by Gasteiger charge is -2.34. The van der Waals surface area contributed by atoms with Crippen LogP contribution < -0.4 is 0 Å². The SMILES string of the molecule is O=C(c1ccc(-c2nc3ccccc3s2)o1)N1CCC(C(O)c2ccccc2)CC1. The molecule has 30 heavy (non-hydrogen) atoms. The van der Waals surface area contributed by atoms with Gasteiger partial charge in [0.1, 0.15) is 0 Å². The van der Waals surface area contributed by atoms with E-state index in [2.05, 4.69) is 4.98 Å². The Morgan fingerprint density at radius 1 is 1.03 bits per heavy atom. The van der Waals surface area contributed by atoms with Crippen LogP contribution in [0.15, 0.2) is 71.1 Å². The van der Waals surface area contributed by atoms with Gasteiger partial charge in [-0.05, 0) is 48.6 Å². The number of benzene rings is 2. The number of thiazole rings is 1. The summed E-state index contributed by atoms with van der Waals surface area (Å²) in [6.45, 7) is 1.23. The number of nitrogens with zero attached hydrogens (tertiary/aromatic N) is 2. The van der Waals surface area contributed by atoms with Crippen molar-refractivity contribution in [2.24, 2.45) is 5.92 Å². The van der Waals surface area contributed by atoms with Gasteiger partial charge in [-0.15, -0.1) is 11.3 Å². The van der Waals surface area contributed by atoms with E-state index >= 15 is 0 Å². The lowest BCUT2D eigenvalue weighted by molar-refractivity contribution is 0.0443. The summed E-state index contributed by atoms with van der Waals surface area (Å²) in [5, 5.41) is 11.4. The summed E-state index contributed by atoms with van der Waals surface area (Å²) >= 11 is 1.55. The first kappa shape index (κ1) is 19.0. The molecule has 1 N–H and O–H groups in total. The number of furan rings is 1. The molecule has 1 aliphatic rings. The molecule has 0 spiro atoms. The molecule has 5 nitrogen and oxygen atoms in total. The Hall–Kier alpha value is -2.96. The minimum Gasteiger partial charge on any atom is -0.448 e. The average molecular weight is 419 g/mol. The molecule has 1 saturated heterocycles. The van der Waals surface area contributed by atoms with Crippen molar-refractivity contribution >= 4 is 27.5 Å². The molecule has 2 aromatic heterocycles. The molecule has 6 heteroatoms. The first-order chi connectivity index (χ1) is 14.7. The van der Waals surface area contributed by atoms with E-state index in [1.165, 1.54) is 0 Å². The van der Waals surface area contributed by atoms with E-state index in [4.69, 9.17) is 4.42 Å². The second-order valence-corrected chi connectivity index (χ2v) is 8.67. The smallest absolute Gasteiger partial charge is 0.289 e. The van der Waals surface area contributed by atoms with Crippen LogP contribution in [0.1, 0.15) is 35.1 Å². The first-order valence-corrected chi connectivity index (χ1v) is 11.0. The van der Waals surface area contributed by atoms with E-state index in [-0.39, 0.29) is 11.8 Å². The van der Waals surface area contributed by atoms with Crippen molar-refractivity contribution in [2.75, 3.05) is 13.1 Å². The van der Waals surface area contributed by atoms with Gasteiger partial charge in [0.15, 0.2) is 16.5 Å². The molecule has 1 unspecified atom stereocenters. The number of carbonyl (C=O) groups excluding carboxylic acids is 1. The standard InChI is InChI=1S/C24H22N2O3S/c27-22(16-6-2-1-3-7-16)17-12-14-26(15-13-17)24(28)20-11-10-19(29-20)23-25-18-8-4-5-9-21(18)30-23/h1-11,17,22,27H,12-15H2. The summed E-state index contributed by atoms with van der Waals surface area (Å²) in [6, 6.07) is 21.2. The van der Waals surface area contributed by atoms with E-state index in [0.717, 1.165) is 33.6 Å². The van der Waals surface area contributed by atoms with Crippen LogP contribution in [-0.2, 0) is 0 Å². The monoisotopic (exact) mass is 418 g/mol. The average Bonchev–Trinajstić information content (AvgIpc) is 3.46. The Labute approximate surface area is 178 Å². The lowest BCUT2D eigenvalue weighted by Crippen LogP contribution is -2.39. The fourth-order valence-corrected chi connectivity index (χ4v) is 4.97. The second-order valence-electron chi connectivity index (χ2n) is 7.64. The van der Waals surface area contributed by atoms with Gasteiger partial charge in [0.25, 0.3) is 5.91 Å². The third kappa shape index (κ3) is 3.64. The largest absolute Gasteiger partial charge is 0.448 e. The number of fused-ring (bicyclic) bond motifs is 1. The van der Waals surface area contributed by atoms with Crippen LogP contribution >= 0.6 is 11.3 Å². The van der Waals surface area contributed by atoms with Crippen LogP contribution in [0.25, 0.3) is 21.0 Å². The number of carbonyl (C=O) groups is 1. The van der Waals surface area contributed by atoms with Crippen molar-refractivity contribution < 1.29 is 14.3 Å². The topological polar surface area (TPSA) is 66.6 Å². The van der Waals surface area contributed by atoms with Crippen molar-refractivity contribution in [2.45, 2.75) is 18.9 Å². The minimum atomic E-state index is -0.488. The highest BCUT2D eigenvalue weighted by Gasteiger charge is 2.30. The number of aromatic nitrogens is 1. The summed E-state index contributed by atoms with van der Waals surface area (Å²) in [4.78, 5) is 19.3. The zero-order chi connectivity index (χ0) is 20.5. The fourth-order valence-electron chi connectivity index (χ4n) is 4.04. The van der Waals surface area contributed by atoms with Crippen molar-refractivity contribution in [3.63, 3.8) is 0 Å². The second kappa shape index (κ2) is 8.05. The summed E-state index contributed by atoms with van der Waals surface area (Å²) in [6.07, 6.45) is 1.05. The number of para-hydroxylation sites is 1. The number of likely N-dealkylation sites (tertiary alicyclic amines) is 1. The number of aliphatic hydroxyl groups is 1. The molecule has 0 radical (unpaired) electrons. The van der Waals surface area contributed by atoms with Gasteiger partial charge in [0.2, 0.25) is 0 Å². The predicted octanol–water partition coefficient (Wildman–Crippen LogP) is 5.14. The number of amides is 1. The summed E-state index contributed by atoms with van der Waals surface area (Å²) in [7, 11) is 0. The molecular formula is C24H22N2O3S. The van der Waals surface area contributed by atoms with Crippen LogP contribution in [0.4, 0.5) is 0 Å². The Morgan fingerprint density at radius 3 is 2.53 bits per heavy atom. The van der Waals surface area contributed by atoms with Crippen LogP contribution in [0, 0.1) is 5.92 Å². The molecule has 1 aliphatic heterocycles. The highest BCUT2D eigenvalue weighted by atomic mass is 32.1. The van der Waals surface area contributed by atoms with Crippen molar-refractivity contribution in [1.29, 1.82) is 0 Å². The Balaban J connectivity index is 1.25. The Bertz CT molecular complexity index is 1130. The van der Waals surface area contributed by atoms with E-state index in [1.54, 1.807) is 17.4 Å². The molecule has 0 bridgehead atoms. The highest BCUT2D eigenvalue weighted by molar-refractivity contribution is 7.21. The highest BCUT2D eigenvalue weighted by Crippen LogP contribution is 2.33. The number of piperidine rings is 1. The van der Waals surface area contributed by atoms with Crippen LogP contribution in [0.3, 0.4) is 0 Å². The van der Waals surface area contributed by atoms with Crippen LogP contribution in [0.5, 0.6) is 0 Å². The zero-order valence-corrected chi connectivity index (χ0v) is 17.2. The van der Waals surface area contributed by atoms with Gasteiger partial charge in [0.05, 0.1) is 16.3 Å². The molecule has 0 saturated carbocycles. The minimum absolute atomic E-state index is 0.102. The quantitative estimate of drug-likeness (QED) is 0.498. The number of rotatable bonds is 4. The lowest BCUT2D eigenvalue weighted by atomic mass is 9.87. The van der Waals surface area contributed by atoms with E-state index in [0.29, 0.717) is 24.6 Å². The summed E-state index contributed by atoms with van der Waals surface area (Å²) in [5.74, 6) is 1.02. The number of hydrogen-bond acceptors (Lipinski definition) is 5. The van der Waals surface area contributed by atoms with Crippen molar-refractivity contribution in [3.8, 4) is 10.8 Å². The maximum absolute atomic E-state index is 12.9. The number of aliphatic hydroxyl groups excluding tert-OH is 1. The molecule has 1 amide bonds. The molecule has 0 aliphatic carbocycles. The van der Waals surface area contributed by atoms with Gasteiger partial charge >= 0.3 is 0 Å². The van der Waals surface area contributed by atoms with E-state index < -0.39 is 6.10 Å². The predicted molar refractivity (Wildman–Crippen MR) is 117 cm³/mol. The molecule has 1 atom stereocenters. The molecule has 5 rings (SSSR count). The summed E-state index contributed by atoms with van der Waals surface area (Å²) < 4.78 is 6.96. The Morgan fingerprint density at radius 2 is 1.77 bits per heavy atom. The Kier molecular flexibility index (Phi) is 5.11. The third-order valence-corrected chi connectivity index (χ3v) is 6.79. The number of hydrogen-bond donors (Lipinski definition) is 1. The summed E-state index contributed by atoms with van der Waals surface area (Å²) in [5.41, 5.74) is 1.87. The maximum atomic E-state index is 12.9. The van der Waals surface area contributed by atoms with Crippen molar-refractivity contribution in [1.82, 2.24) is 9.88 Å². The zero-order valence-electron chi connectivity index (χ0n) is 16.4. The molecular weight excluding hydrogens is 396 g/mol. The van der Waals surface area contributed by atoms with Crippen LogP contribution in [0.2, 0.25) is 0 Å². The molecule has 3 heterocycles. The maximum Gasteiger partial charge on any atom is 0.289 e. The van der Waals surface area contributed by atoms with Gasteiger partial charge in [-0.1, -0.05) is 42.5 Å². The molecule has 2 aromatic carbocycles. The molecule has 4 aromatic rings. The van der Waals surface area contributed by atoms with E-state index in [1.807, 2.05) is 65.6 Å². The molecule has 152 valence electrons. The van der Waals surface area contributed by atoms with Gasteiger partial charge in [0, 0.05) is 13.1 Å². The van der Waals surface area contributed by atoms with Gasteiger partial charge < -0.3 is 14.4 Å². The van der Waals surface area contributed by atoms with Gasteiger partial charge in [-0.3, -0.25) is 4.79 Å². The molecule has 1 fully saturated rings. The van der Waals surface area contributed by atoms with Crippen molar-refractivity contribution in [3.05, 3.63) is 78.1 Å². The van der Waals surface area contributed by atoms with Gasteiger partial charge in [-0.25, -0.2) is 4.98 Å². The van der Waals surface area contributed by atoms with Crippen LogP contribution in [-0.4, -0.2) is 34.0 Å². The third-order valence-electron chi connectivity index (χ3n) is 5.74. The normalized spacial score (nSPS) is 16.1. The van der Waals surface area contributed by atoms with Gasteiger partial charge in [-0.2, -0.15) is 0 Å².